The number of hydrogen-bond donors (Lipinski definition) is 6. The molecule has 30 heteroatoms. The van der Waals surface area contributed by atoms with Crippen LogP contribution < -0.4 is 27.0 Å². The molecule has 12 heterocycles. The van der Waals surface area contributed by atoms with Crippen LogP contribution in [0.2, 0.25) is 0 Å². The fourth-order valence-corrected chi connectivity index (χ4v) is 17.1. The number of nitrogens with zero attached hydrogens (tertiary/aromatic N) is 3. The minimum absolute atomic E-state index is 0.0117. The molecule has 0 aromatic carbocycles. The Kier molecular flexibility index (Phi) is 29.4. The summed E-state index contributed by atoms with van der Waals surface area (Å²) >= 11 is 0. The van der Waals surface area contributed by atoms with Crippen molar-refractivity contribution in [3.05, 3.63) is 36.5 Å². The lowest BCUT2D eigenvalue weighted by atomic mass is 9.81. The normalized spacial score (nSPS) is 35.4. The number of ether oxygens (including phenoxy) is 13. The van der Waals surface area contributed by atoms with Crippen molar-refractivity contribution in [3.8, 4) is 0 Å². The number of fused-ring (bicyclic) bond motifs is 6. The van der Waals surface area contributed by atoms with E-state index in [1.807, 2.05) is 4.90 Å². The van der Waals surface area contributed by atoms with Gasteiger partial charge in [0.15, 0.2) is 5.79 Å². The summed E-state index contributed by atoms with van der Waals surface area (Å²) in [5.74, 6) is -4.01. The number of nitrogens with one attached hydrogen (secondary N) is 4. The number of imide groups is 1. The smallest absolute Gasteiger partial charge is 0.312 e. The number of hydrogen-bond acceptors (Lipinski definition) is 23. The van der Waals surface area contributed by atoms with Gasteiger partial charge in [-0.1, -0.05) is 33.9 Å². The topological polar surface area (TPSA) is 361 Å². The predicted octanol–water partition coefficient (Wildman–Crippen LogP) is 2.37. The van der Waals surface area contributed by atoms with Gasteiger partial charge in [-0.2, -0.15) is 0 Å². The standard InChI is InChI=1S/C75H116N8O22/c1-44(2)65(80-61(86)19-23-81-24-28-94-32-34-96-30-26-82(27-31-97-35-33-95-29-25-81)62(87)11-7-8-22-83-63(88)16-17-64(83)89)73(91)79-54(10-9-21-77-74(76)92)72(90)78-43-49(85)40-59-66(93-6)53-39-48(84)38-51-13-15-56-67(100-51)71-70-69(102-56)68-60(103-70)42-75(104-68,105-71)20-18-52-37-46(4)55(98-52)14-12-50-36-45(3)47(5)57(99-50)41-58(53)101-59/h16-17,44-45,49-60,65-71,85H,4-5,7-15,18-43H2,1-3,6H3,(H,78,90)(H,79,91)(H,80,86)(H3,76,77,92)/t45-,49+,50+,51-,52+,53+,54+,55+,56+,57-,58+,59-,60-,65+,66-,67+,68+,69?,70?,71+,75+/m1/s1. The van der Waals surface area contributed by atoms with Gasteiger partial charge in [0.1, 0.15) is 48.4 Å². The molecular weight excluding hydrogens is 1360 g/mol. The number of unbranched alkanes of at least 4 members (excludes halogenated alkanes) is 1. The summed E-state index contributed by atoms with van der Waals surface area (Å²) in [4.78, 5) is 111. The lowest BCUT2D eigenvalue weighted by Crippen LogP contribution is -2.61. The molecule has 1 spiro atoms. The molecule has 0 radical (unpaired) electrons. The number of nitrogens with two attached hydrogens (primary N) is 1. The predicted molar refractivity (Wildman–Crippen MR) is 376 cm³/mol. The molecule has 12 aliphatic heterocycles. The van der Waals surface area contributed by atoms with E-state index in [-0.39, 0.29) is 169 Å². The summed E-state index contributed by atoms with van der Waals surface area (Å²) < 4.78 is 84.6. The first-order valence-electron chi connectivity index (χ1n) is 38.7. The first-order valence-corrected chi connectivity index (χ1v) is 38.7. The van der Waals surface area contributed by atoms with Crippen LogP contribution in [-0.2, 0) is 95.1 Å². The van der Waals surface area contributed by atoms with E-state index in [2.05, 4.69) is 41.3 Å². The summed E-state index contributed by atoms with van der Waals surface area (Å²) in [6.07, 6.45) is 4.65. The molecular formula is C75H116N8O22. The summed E-state index contributed by atoms with van der Waals surface area (Å²) in [5.41, 5.74) is 7.38. The van der Waals surface area contributed by atoms with Crippen LogP contribution in [0.15, 0.2) is 36.5 Å². The Morgan fingerprint density at radius 3 is 2.04 bits per heavy atom. The second-order valence-corrected chi connectivity index (χ2v) is 30.8. The van der Waals surface area contributed by atoms with Gasteiger partial charge in [0.25, 0.3) is 11.8 Å². The van der Waals surface area contributed by atoms with Crippen LogP contribution in [-0.4, -0.2) is 295 Å². The average molecular weight is 1480 g/mol. The maximum Gasteiger partial charge on any atom is 0.312 e. The van der Waals surface area contributed by atoms with Crippen LogP contribution in [0, 0.1) is 17.8 Å². The van der Waals surface area contributed by atoms with E-state index in [4.69, 9.17) is 67.3 Å². The van der Waals surface area contributed by atoms with E-state index < -0.39 is 102 Å². The lowest BCUT2D eigenvalue weighted by Gasteiger charge is -2.47. The number of Topliss-reactive ketones (excluding diaryl/α,β-unsaturated/α-hetero) is 1. The third kappa shape index (κ3) is 21.5. The molecule has 0 aromatic rings. The van der Waals surface area contributed by atoms with Crippen molar-refractivity contribution in [2.75, 3.05) is 112 Å². The number of ketones is 1. The largest absolute Gasteiger partial charge is 0.391 e. The molecule has 0 aliphatic carbocycles. The number of carbonyl (C=O) groups excluding carboxylic acids is 8. The van der Waals surface area contributed by atoms with Crippen LogP contribution in [0.1, 0.15) is 143 Å². The van der Waals surface area contributed by atoms with Crippen molar-refractivity contribution < 1.29 is 105 Å². The maximum atomic E-state index is 14.7. The highest BCUT2D eigenvalue weighted by molar-refractivity contribution is 6.12. The number of methoxy groups -OCH3 is 1. The van der Waals surface area contributed by atoms with Crippen LogP contribution in [0.5, 0.6) is 0 Å². The monoisotopic (exact) mass is 1480 g/mol. The number of aliphatic hydroxyl groups is 1. The van der Waals surface area contributed by atoms with Crippen molar-refractivity contribution in [3.63, 3.8) is 0 Å². The van der Waals surface area contributed by atoms with Crippen molar-refractivity contribution in [2.24, 2.45) is 23.5 Å². The summed E-state index contributed by atoms with van der Waals surface area (Å²) in [6.45, 7) is 19.1. The first kappa shape index (κ1) is 80.6. The van der Waals surface area contributed by atoms with E-state index in [0.29, 0.717) is 104 Å². The second kappa shape index (κ2) is 38.3. The van der Waals surface area contributed by atoms with E-state index in [0.717, 1.165) is 43.3 Å². The highest BCUT2D eigenvalue weighted by atomic mass is 16.8. The minimum atomic E-state index is -1.18. The maximum absolute atomic E-state index is 14.7. The highest BCUT2D eigenvalue weighted by Gasteiger charge is 2.69. The van der Waals surface area contributed by atoms with E-state index in [1.165, 1.54) is 17.1 Å². The lowest BCUT2D eigenvalue weighted by molar-refractivity contribution is -0.292. The SMILES string of the molecule is C=C1C[C@@H]2CC[C@@]34C[C@H]5OC6C(O[C@H]7CC[C@H](CC(=O)C[C@@H]8[C@@H](OC)[C@@H](C[C@H](O)CNC(=O)[C@H](CCCNC(N)=O)NC(=O)[C@@H](NC(=O)CCN9CCOCCOCCN(C(=O)CCCCN%10C(=O)C=CC%10=O)CCOCCOCC9)C(C)C)O[C@H]8C[C@H]8O[C@@H](CC[C@@H]1O2)C[C@@H](C)C8=C)O[C@@H]7[C@@H]6O3)[C@H]5O4. The fourth-order valence-electron chi connectivity index (χ4n) is 17.1. The van der Waals surface area contributed by atoms with Gasteiger partial charge in [-0.05, 0) is 93.6 Å². The van der Waals surface area contributed by atoms with Gasteiger partial charge in [0.05, 0.1) is 120 Å². The number of amides is 8. The molecule has 588 valence electrons. The zero-order valence-electron chi connectivity index (χ0n) is 61.9. The molecule has 11 fully saturated rings. The molecule has 8 amide bonds. The molecule has 12 aliphatic rings. The number of aliphatic hydroxyl groups excluding tert-OH is 1. The minimum Gasteiger partial charge on any atom is -0.391 e. The Morgan fingerprint density at radius 1 is 0.667 bits per heavy atom. The van der Waals surface area contributed by atoms with Gasteiger partial charge in [-0.3, -0.25) is 43.4 Å². The third-order valence-electron chi connectivity index (χ3n) is 22.9. The summed E-state index contributed by atoms with van der Waals surface area (Å²) in [5, 5.41) is 23.0. The van der Waals surface area contributed by atoms with Crippen LogP contribution in [0.4, 0.5) is 4.79 Å². The van der Waals surface area contributed by atoms with Crippen LogP contribution in [0.3, 0.4) is 0 Å². The Morgan fingerprint density at radius 2 is 1.33 bits per heavy atom. The van der Waals surface area contributed by atoms with Gasteiger partial charge >= 0.3 is 6.03 Å². The van der Waals surface area contributed by atoms with Gasteiger partial charge in [-0.25, -0.2) is 4.79 Å². The Labute approximate surface area is 616 Å². The second-order valence-electron chi connectivity index (χ2n) is 30.8. The number of primary amides is 1. The number of carbonyl (C=O) groups is 8. The Hall–Kier alpha value is -5.42. The van der Waals surface area contributed by atoms with Crippen molar-refractivity contribution in [2.45, 2.75) is 258 Å². The van der Waals surface area contributed by atoms with Gasteiger partial charge in [0.2, 0.25) is 23.6 Å². The summed E-state index contributed by atoms with van der Waals surface area (Å²) in [7, 11) is 1.57. The first-order chi connectivity index (χ1) is 50.6. The average Bonchev–Trinajstić information content (AvgIpc) is 1.34. The molecule has 12 bridgehead atoms. The molecule has 2 unspecified atom stereocenters. The van der Waals surface area contributed by atoms with Gasteiger partial charge < -0.3 is 98.6 Å². The van der Waals surface area contributed by atoms with Crippen molar-refractivity contribution in [1.82, 2.24) is 36.0 Å². The molecule has 21 atom stereocenters. The van der Waals surface area contributed by atoms with Gasteiger partial charge in [0, 0.05) is 129 Å². The van der Waals surface area contributed by atoms with E-state index in [9.17, 15) is 43.5 Å². The quantitative estimate of drug-likeness (QED) is 0.0515. The number of rotatable bonds is 22. The third-order valence-corrected chi connectivity index (χ3v) is 22.9. The molecule has 0 aromatic heterocycles. The summed E-state index contributed by atoms with van der Waals surface area (Å²) in [6, 6.07) is -2.96. The highest BCUT2D eigenvalue weighted by Crippen LogP contribution is 2.55. The molecule has 12 rings (SSSR count). The van der Waals surface area contributed by atoms with Crippen molar-refractivity contribution in [1.29, 1.82) is 0 Å². The van der Waals surface area contributed by atoms with E-state index in [1.54, 1.807) is 25.9 Å². The number of urea groups is 1. The van der Waals surface area contributed by atoms with Gasteiger partial charge in [-0.15, -0.1) is 0 Å². The molecule has 7 N–H and O–H groups in total. The Balaban J connectivity index is 0.674. The molecule has 0 saturated carbocycles. The van der Waals surface area contributed by atoms with Crippen LogP contribution in [0.25, 0.3) is 0 Å². The molecule has 105 heavy (non-hydrogen) atoms. The molecule has 11 saturated heterocycles. The van der Waals surface area contributed by atoms with Crippen LogP contribution >= 0.6 is 0 Å². The fraction of sp³-hybridized carbons (Fsp3) is 0.813. The molecule has 30 nitrogen and oxygen atoms in total. The van der Waals surface area contributed by atoms with Crippen molar-refractivity contribution >= 4 is 47.3 Å². The zero-order valence-corrected chi connectivity index (χ0v) is 61.9. The van der Waals surface area contributed by atoms with E-state index >= 15 is 0 Å². The zero-order chi connectivity index (χ0) is 74.3. The Bertz CT molecular complexity index is 3000.